The number of hydrogen-bond acceptors (Lipinski definition) is 3. The lowest BCUT2D eigenvalue weighted by Gasteiger charge is -2.22. The van der Waals surface area contributed by atoms with Crippen LogP contribution in [0.4, 0.5) is 5.69 Å². The second-order valence-electron chi connectivity index (χ2n) is 3.98. The molecule has 0 heterocycles. The molecule has 0 aliphatic heterocycles. The molecule has 92 valence electrons. The summed E-state index contributed by atoms with van der Waals surface area (Å²) in [4.78, 5) is 2.06. The van der Waals surface area contributed by atoms with Gasteiger partial charge in [-0.15, -0.1) is 13.2 Å². The Morgan fingerprint density at radius 1 is 1.29 bits per heavy atom. The van der Waals surface area contributed by atoms with Crippen LogP contribution in [0.1, 0.15) is 11.7 Å². The lowest BCUT2D eigenvalue weighted by Crippen LogP contribution is -2.29. The van der Waals surface area contributed by atoms with Gasteiger partial charge in [-0.05, 0) is 17.7 Å². The van der Waals surface area contributed by atoms with E-state index in [2.05, 4.69) is 18.1 Å². The summed E-state index contributed by atoms with van der Waals surface area (Å²) >= 11 is 0. The Bertz CT molecular complexity index is 366. The average molecular weight is 232 g/mol. The summed E-state index contributed by atoms with van der Waals surface area (Å²) in [6.07, 6.45) is 3.09. The van der Waals surface area contributed by atoms with E-state index in [-0.39, 0.29) is 0 Å². The van der Waals surface area contributed by atoms with Crippen molar-refractivity contribution in [3.63, 3.8) is 0 Å². The van der Waals surface area contributed by atoms with E-state index in [1.165, 1.54) is 0 Å². The Kier molecular flexibility index (Phi) is 5.46. The number of aliphatic hydroxyl groups excluding tert-OH is 1. The Hall–Kier alpha value is -1.58. The minimum Gasteiger partial charge on any atom is -0.399 e. The molecule has 0 fully saturated rings. The second kappa shape index (κ2) is 6.89. The van der Waals surface area contributed by atoms with Crippen LogP contribution in [0.5, 0.6) is 0 Å². The first-order valence-corrected chi connectivity index (χ1v) is 5.65. The zero-order valence-electron chi connectivity index (χ0n) is 10.0. The van der Waals surface area contributed by atoms with Gasteiger partial charge in [0.1, 0.15) is 0 Å². The van der Waals surface area contributed by atoms with Crippen LogP contribution in [0.3, 0.4) is 0 Å². The summed E-state index contributed by atoms with van der Waals surface area (Å²) in [5.74, 6) is 0. The maximum Gasteiger partial charge on any atom is 0.0917 e. The van der Waals surface area contributed by atoms with E-state index in [1.54, 1.807) is 6.07 Å². The molecule has 0 radical (unpaired) electrons. The van der Waals surface area contributed by atoms with Crippen LogP contribution in [0.15, 0.2) is 49.6 Å². The number of anilines is 1. The average Bonchev–Trinajstić information content (AvgIpc) is 2.29. The van der Waals surface area contributed by atoms with Crippen molar-refractivity contribution in [3.05, 3.63) is 55.1 Å². The zero-order valence-corrected chi connectivity index (χ0v) is 10.0. The highest BCUT2D eigenvalue weighted by molar-refractivity contribution is 5.41. The molecule has 0 amide bonds. The molecular formula is C14H20N2O. The number of nitrogens with two attached hydrogens (primary N) is 1. The predicted molar refractivity (Wildman–Crippen MR) is 72.6 cm³/mol. The van der Waals surface area contributed by atoms with Crippen LogP contribution >= 0.6 is 0 Å². The van der Waals surface area contributed by atoms with Crippen molar-refractivity contribution in [1.29, 1.82) is 0 Å². The van der Waals surface area contributed by atoms with E-state index in [1.807, 2.05) is 30.4 Å². The molecular weight excluding hydrogens is 212 g/mol. The van der Waals surface area contributed by atoms with E-state index in [4.69, 9.17) is 5.73 Å². The van der Waals surface area contributed by atoms with Crippen molar-refractivity contribution in [1.82, 2.24) is 4.90 Å². The molecule has 0 saturated heterocycles. The van der Waals surface area contributed by atoms with Gasteiger partial charge in [0.05, 0.1) is 6.10 Å². The van der Waals surface area contributed by atoms with Gasteiger partial charge in [0.25, 0.3) is 0 Å². The Morgan fingerprint density at radius 3 is 2.47 bits per heavy atom. The lowest BCUT2D eigenvalue weighted by molar-refractivity contribution is 0.125. The minimum atomic E-state index is -0.543. The topological polar surface area (TPSA) is 49.5 Å². The third-order valence-corrected chi connectivity index (χ3v) is 2.50. The number of hydrogen-bond donors (Lipinski definition) is 2. The van der Waals surface area contributed by atoms with Gasteiger partial charge in [-0.1, -0.05) is 24.3 Å². The fourth-order valence-corrected chi connectivity index (χ4v) is 1.71. The smallest absolute Gasteiger partial charge is 0.0917 e. The van der Waals surface area contributed by atoms with Crippen LogP contribution in [0.2, 0.25) is 0 Å². The van der Waals surface area contributed by atoms with Gasteiger partial charge in [0.2, 0.25) is 0 Å². The second-order valence-corrected chi connectivity index (χ2v) is 3.98. The number of nitrogen functional groups attached to an aromatic ring is 1. The van der Waals surface area contributed by atoms with Crippen LogP contribution in [-0.4, -0.2) is 29.6 Å². The Labute approximate surface area is 103 Å². The largest absolute Gasteiger partial charge is 0.399 e. The summed E-state index contributed by atoms with van der Waals surface area (Å²) in [5.41, 5.74) is 7.19. The number of benzene rings is 1. The van der Waals surface area contributed by atoms with Gasteiger partial charge in [0.15, 0.2) is 0 Å². The van der Waals surface area contributed by atoms with Gasteiger partial charge in [-0.3, -0.25) is 4.90 Å². The molecule has 0 spiro atoms. The third kappa shape index (κ3) is 4.43. The van der Waals surface area contributed by atoms with E-state index in [0.29, 0.717) is 12.2 Å². The van der Waals surface area contributed by atoms with Crippen molar-refractivity contribution in [2.24, 2.45) is 0 Å². The maximum absolute atomic E-state index is 10.1. The highest BCUT2D eigenvalue weighted by atomic mass is 16.3. The van der Waals surface area contributed by atoms with E-state index >= 15 is 0 Å². The maximum atomic E-state index is 10.1. The number of rotatable bonds is 7. The molecule has 0 aliphatic rings. The molecule has 0 bridgehead atoms. The van der Waals surface area contributed by atoms with E-state index < -0.39 is 6.10 Å². The molecule has 1 unspecified atom stereocenters. The van der Waals surface area contributed by atoms with Crippen LogP contribution in [-0.2, 0) is 0 Å². The summed E-state index contributed by atoms with van der Waals surface area (Å²) in [5, 5.41) is 10.1. The molecule has 0 saturated carbocycles. The lowest BCUT2D eigenvalue weighted by atomic mass is 10.1. The molecule has 3 nitrogen and oxygen atoms in total. The molecule has 0 aliphatic carbocycles. The zero-order chi connectivity index (χ0) is 12.7. The van der Waals surface area contributed by atoms with Gasteiger partial charge < -0.3 is 10.8 Å². The Balaban J connectivity index is 2.65. The Morgan fingerprint density at radius 2 is 1.94 bits per heavy atom. The monoisotopic (exact) mass is 232 g/mol. The first kappa shape index (κ1) is 13.5. The standard InChI is InChI=1S/C14H20N2O/c1-3-8-16(9-4-2)11-14(17)12-6-5-7-13(15)10-12/h3-7,10,14,17H,1-2,8-9,11,15H2. The summed E-state index contributed by atoms with van der Waals surface area (Å²) in [6.45, 7) is 9.40. The summed E-state index contributed by atoms with van der Waals surface area (Å²) in [7, 11) is 0. The molecule has 1 aromatic carbocycles. The molecule has 1 rings (SSSR count). The summed E-state index contributed by atoms with van der Waals surface area (Å²) < 4.78 is 0. The normalized spacial score (nSPS) is 12.4. The fourth-order valence-electron chi connectivity index (χ4n) is 1.71. The van der Waals surface area contributed by atoms with Gasteiger partial charge >= 0.3 is 0 Å². The van der Waals surface area contributed by atoms with Gasteiger partial charge in [0, 0.05) is 25.3 Å². The molecule has 3 heteroatoms. The number of aliphatic hydroxyl groups is 1. The number of nitrogens with zero attached hydrogens (tertiary/aromatic N) is 1. The van der Waals surface area contributed by atoms with Crippen LogP contribution < -0.4 is 5.73 Å². The summed E-state index contributed by atoms with van der Waals surface area (Å²) in [6, 6.07) is 7.33. The molecule has 17 heavy (non-hydrogen) atoms. The minimum absolute atomic E-state index is 0.543. The van der Waals surface area contributed by atoms with Crippen molar-refractivity contribution < 1.29 is 5.11 Å². The van der Waals surface area contributed by atoms with Crippen LogP contribution in [0.25, 0.3) is 0 Å². The van der Waals surface area contributed by atoms with Crippen molar-refractivity contribution in [3.8, 4) is 0 Å². The van der Waals surface area contributed by atoms with E-state index in [9.17, 15) is 5.11 Å². The van der Waals surface area contributed by atoms with Crippen molar-refractivity contribution >= 4 is 5.69 Å². The van der Waals surface area contributed by atoms with Crippen molar-refractivity contribution in [2.75, 3.05) is 25.4 Å². The fraction of sp³-hybridized carbons (Fsp3) is 0.286. The van der Waals surface area contributed by atoms with Crippen LogP contribution in [0, 0.1) is 0 Å². The SMILES string of the molecule is C=CCN(CC=C)CC(O)c1cccc(N)c1. The first-order chi connectivity index (χ1) is 8.17. The molecule has 3 N–H and O–H groups in total. The van der Waals surface area contributed by atoms with E-state index in [0.717, 1.165) is 18.7 Å². The molecule has 0 aromatic heterocycles. The first-order valence-electron chi connectivity index (χ1n) is 5.65. The molecule has 1 aromatic rings. The van der Waals surface area contributed by atoms with Gasteiger partial charge in [-0.2, -0.15) is 0 Å². The quantitative estimate of drug-likeness (QED) is 0.558. The molecule has 1 atom stereocenters. The third-order valence-electron chi connectivity index (χ3n) is 2.50. The predicted octanol–water partition coefficient (Wildman–Crippen LogP) is 1.98. The van der Waals surface area contributed by atoms with Gasteiger partial charge in [-0.25, -0.2) is 0 Å². The highest BCUT2D eigenvalue weighted by Crippen LogP contribution is 2.16. The van der Waals surface area contributed by atoms with Crippen molar-refractivity contribution in [2.45, 2.75) is 6.10 Å². The highest BCUT2D eigenvalue weighted by Gasteiger charge is 2.11.